The van der Waals surface area contributed by atoms with E-state index in [1.54, 1.807) is 11.0 Å². The lowest BCUT2D eigenvalue weighted by atomic mass is 10.1. The van der Waals surface area contributed by atoms with Crippen LogP contribution in [0.3, 0.4) is 0 Å². The second kappa shape index (κ2) is 5.24. The number of nitrogens with zero attached hydrogens (tertiary/aromatic N) is 1. The van der Waals surface area contributed by atoms with Gasteiger partial charge in [-0.25, -0.2) is 4.79 Å². The molecule has 4 heteroatoms. The molecule has 0 aromatic heterocycles. The first-order valence-electron chi connectivity index (χ1n) is 5.69. The third-order valence-electron chi connectivity index (χ3n) is 2.45. The molecule has 1 rings (SSSR count). The van der Waals surface area contributed by atoms with E-state index >= 15 is 0 Å². The summed E-state index contributed by atoms with van der Waals surface area (Å²) in [5.41, 5.74) is -0.521. The topological polar surface area (TPSA) is 41.6 Å². The van der Waals surface area contributed by atoms with Crippen molar-refractivity contribution in [3.8, 4) is 12.3 Å². The Hall–Kier alpha value is -1.47. The number of carbonyl (C=O) groups is 1. The standard InChI is InChI=1S/C13H20N2O2/c1-6-10-8-14-9-11(7-2)15(10)12(16)17-13(3,4)5/h1,7,10-11,14H,2,8-9H2,3-5H3/t10-,11+/m1/s1. The second-order valence-corrected chi connectivity index (χ2v) is 5.03. The highest BCUT2D eigenvalue weighted by atomic mass is 16.6. The molecule has 1 saturated heterocycles. The first-order chi connectivity index (χ1) is 7.89. The summed E-state index contributed by atoms with van der Waals surface area (Å²) < 4.78 is 5.36. The Bertz CT molecular complexity index is 338. The van der Waals surface area contributed by atoms with E-state index in [1.165, 1.54) is 0 Å². The molecule has 0 aromatic rings. The van der Waals surface area contributed by atoms with E-state index in [4.69, 9.17) is 11.2 Å². The van der Waals surface area contributed by atoms with Crippen molar-refractivity contribution in [3.05, 3.63) is 12.7 Å². The van der Waals surface area contributed by atoms with Crippen LogP contribution in [0.25, 0.3) is 0 Å². The molecule has 94 valence electrons. The highest BCUT2D eigenvalue weighted by Gasteiger charge is 2.34. The van der Waals surface area contributed by atoms with Crippen LogP contribution in [0.1, 0.15) is 20.8 Å². The Labute approximate surface area is 103 Å². The molecule has 0 bridgehead atoms. The van der Waals surface area contributed by atoms with Crippen molar-refractivity contribution in [2.45, 2.75) is 38.5 Å². The van der Waals surface area contributed by atoms with E-state index in [9.17, 15) is 4.79 Å². The summed E-state index contributed by atoms with van der Waals surface area (Å²) in [6.07, 6.45) is 6.76. The van der Waals surface area contributed by atoms with Gasteiger partial charge in [0, 0.05) is 13.1 Å². The van der Waals surface area contributed by atoms with Crippen molar-refractivity contribution >= 4 is 6.09 Å². The minimum Gasteiger partial charge on any atom is -0.444 e. The molecule has 0 spiro atoms. The zero-order valence-electron chi connectivity index (χ0n) is 10.7. The number of ether oxygens (including phenoxy) is 1. The number of amides is 1. The minimum absolute atomic E-state index is 0.125. The molecule has 1 aliphatic rings. The largest absolute Gasteiger partial charge is 0.444 e. The molecule has 1 N–H and O–H groups in total. The summed E-state index contributed by atoms with van der Waals surface area (Å²) >= 11 is 0. The molecule has 0 aliphatic carbocycles. The van der Waals surface area contributed by atoms with Crippen molar-refractivity contribution in [2.75, 3.05) is 13.1 Å². The summed E-state index contributed by atoms with van der Waals surface area (Å²) in [5.74, 6) is 2.60. The fraction of sp³-hybridized carbons (Fsp3) is 0.615. The smallest absolute Gasteiger partial charge is 0.411 e. The van der Waals surface area contributed by atoms with Gasteiger partial charge in [-0.1, -0.05) is 12.0 Å². The molecule has 1 aliphatic heterocycles. The molecule has 0 saturated carbocycles. The Balaban J connectivity index is 2.84. The third kappa shape index (κ3) is 3.50. The monoisotopic (exact) mass is 236 g/mol. The molecule has 1 fully saturated rings. The van der Waals surface area contributed by atoms with Gasteiger partial charge in [-0.3, -0.25) is 4.90 Å². The van der Waals surface area contributed by atoms with E-state index < -0.39 is 5.60 Å². The predicted molar refractivity (Wildman–Crippen MR) is 67.5 cm³/mol. The molecule has 2 atom stereocenters. The summed E-state index contributed by atoms with van der Waals surface area (Å²) in [6.45, 7) is 10.5. The van der Waals surface area contributed by atoms with Gasteiger partial charge in [0.2, 0.25) is 0 Å². The first-order valence-corrected chi connectivity index (χ1v) is 5.69. The number of nitrogens with one attached hydrogen (secondary N) is 1. The molecule has 0 radical (unpaired) electrons. The zero-order chi connectivity index (χ0) is 13.1. The lowest BCUT2D eigenvalue weighted by Crippen LogP contribution is -2.59. The average Bonchev–Trinajstić information content (AvgIpc) is 2.25. The van der Waals surface area contributed by atoms with Crippen molar-refractivity contribution in [1.82, 2.24) is 10.2 Å². The molecule has 17 heavy (non-hydrogen) atoms. The van der Waals surface area contributed by atoms with Crippen LogP contribution in [0.15, 0.2) is 12.7 Å². The first kappa shape index (κ1) is 13.6. The molecule has 0 unspecified atom stereocenters. The van der Waals surface area contributed by atoms with E-state index in [0.717, 1.165) is 0 Å². The van der Waals surface area contributed by atoms with E-state index in [-0.39, 0.29) is 18.2 Å². The summed E-state index contributed by atoms with van der Waals surface area (Å²) in [4.78, 5) is 13.7. The SMILES string of the molecule is C#C[C@@H]1CNC[C@H](C=C)N1C(=O)OC(C)(C)C. The fourth-order valence-corrected chi connectivity index (χ4v) is 1.71. The summed E-state index contributed by atoms with van der Waals surface area (Å²) in [6, 6.07) is -0.416. The van der Waals surface area contributed by atoms with Crippen LogP contribution in [0.2, 0.25) is 0 Å². The zero-order valence-corrected chi connectivity index (χ0v) is 10.7. The normalized spacial score (nSPS) is 24.9. The van der Waals surface area contributed by atoms with Gasteiger partial charge in [-0.15, -0.1) is 13.0 Å². The maximum Gasteiger partial charge on any atom is 0.411 e. The number of rotatable bonds is 1. The summed E-state index contributed by atoms with van der Waals surface area (Å²) in [7, 11) is 0. The van der Waals surface area contributed by atoms with Crippen LogP contribution in [0.4, 0.5) is 4.79 Å². The van der Waals surface area contributed by atoms with Crippen LogP contribution in [0, 0.1) is 12.3 Å². The van der Waals surface area contributed by atoms with Crippen molar-refractivity contribution in [2.24, 2.45) is 0 Å². The van der Waals surface area contributed by atoms with Gasteiger partial charge in [0.25, 0.3) is 0 Å². The predicted octanol–water partition coefficient (Wildman–Crippen LogP) is 1.38. The van der Waals surface area contributed by atoms with Gasteiger partial charge in [0.05, 0.1) is 6.04 Å². The quantitative estimate of drug-likeness (QED) is 0.552. The minimum atomic E-state index is -0.521. The lowest BCUT2D eigenvalue weighted by molar-refractivity contribution is 0.0105. The Morgan fingerprint density at radius 3 is 2.71 bits per heavy atom. The number of hydrogen-bond acceptors (Lipinski definition) is 3. The van der Waals surface area contributed by atoms with Gasteiger partial charge in [-0.05, 0) is 20.8 Å². The van der Waals surface area contributed by atoms with Crippen LogP contribution < -0.4 is 5.32 Å². The summed E-state index contributed by atoms with van der Waals surface area (Å²) in [5, 5.41) is 3.17. The van der Waals surface area contributed by atoms with Gasteiger partial charge in [-0.2, -0.15) is 0 Å². The van der Waals surface area contributed by atoms with Gasteiger partial charge < -0.3 is 10.1 Å². The number of carbonyl (C=O) groups excluding carboxylic acids is 1. The molecular formula is C13H20N2O2. The van der Waals surface area contributed by atoms with Crippen LogP contribution in [-0.2, 0) is 4.74 Å². The van der Waals surface area contributed by atoms with Crippen molar-refractivity contribution < 1.29 is 9.53 Å². The fourth-order valence-electron chi connectivity index (χ4n) is 1.71. The second-order valence-electron chi connectivity index (χ2n) is 5.03. The Morgan fingerprint density at radius 1 is 1.59 bits per heavy atom. The molecular weight excluding hydrogens is 216 g/mol. The van der Waals surface area contributed by atoms with Gasteiger partial charge in [0.1, 0.15) is 11.6 Å². The van der Waals surface area contributed by atoms with Crippen LogP contribution in [0.5, 0.6) is 0 Å². The van der Waals surface area contributed by atoms with Gasteiger partial charge in [0.15, 0.2) is 0 Å². The average molecular weight is 236 g/mol. The number of terminal acetylenes is 1. The molecule has 1 amide bonds. The van der Waals surface area contributed by atoms with Gasteiger partial charge >= 0.3 is 6.09 Å². The maximum atomic E-state index is 12.1. The Kier molecular flexibility index (Phi) is 4.19. The van der Waals surface area contributed by atoms with E-state index in [2.05, 4.69) is 17.8 Å². The molecule has 4 nitrogen and oxygen atoms in total. The third-order valence-corrected chi connectivity index (χ3v) is 2.45. The molecule has 0 aromatic carbocycles. The van der Waals surface area contributed by atoms with E-state index in [1.807, 2.05) is 20.8 Å². The lowest BCUT2D eigenvalue weighted by Gasteiger charge is -2.39. The van der Waals surface area contributed by atoms with E-state index in [0.29, 0.717) is 13.1 Å². The van der Waals surface area contributed by atoms with Crippen molar-refractivity contribution in [3.63, 3.8) is 0 Å². The Morgan fingerprint density at radius 2 is 2.24 bits per heavy atom. The number of piperazine rings is 1. The number of hydrogen-bond donors (Lipinski definition) is 1. The molecule has 1 heterocycles. The van der Waals surface area contributed by atoms with Crippen molar-refractivity contribution in [1.29, 1.82) is 0 Å². The van der Waals surface area contributed by atoms with Crippen LogP contribution in [-0.4, -0.2) is 41.8 Å². The maximum absolute atomic E-state index is 12.1. The highest BCUT2D eigenvalue weighted by Crippen LogP contribution is 2.17. The highest BCUT2D eigenvalue weighted by molar-refractivity contribution is 5.70. The van der Waals surface area contributed by atoms with Crippen LogP contribution >= 0.6 is 0 Å².